The Balaban J connectivity index is 1.05. The molecule has 12 spiro atoms. The SMILES string of the molecule is C1C2C3CC4C5C6C7C8C9CC%10C%11CC%12C%13C%14C%15NC%16%17C%18%19C%15C1C2%18C34C5%19C6%16C71C82C%109C%11%12C%132C%14%171. The summed E-state index contributed by atoms with van der Waals surface area (Å²) in [5.41, 5.74) is 12.2. The van der Waals surface area contributed by atoms with E-state index in [1.165, 1.54) is 88.8 Å². The molecule has 0 amide bonds. The highest BCUT2D eigenvalue weighted by Gasteiger charge is 3.48. The molecule has 2 aliphatic heterocycles. The largest absolute Gasteiger partial charge is 0.306 e. The predicted molar refractivity (Wildman–Crippen MR) is 107 cm³/mol. The van der Waals surface area contributed by atoms with E-state index in [1.54, 1.807) is 25.7 Å². The second-order valence-electron chi connectivity index (χ2n) is 20.0. The van der Waals surface area contributed by atoms with Gasteiger partial charge in [0.1, 0.15) is 0 Å². The molecule has 33 heavy (non-hydrogen) atoms. The topological polar surface area (TPSA) is 12.0 Å². The third-order valence-corrected chi connectivity index (χ3v) is 25.7. The van der Waals surface area contributed by atoms with E-state index >= 15 is 0 Å². The Morgan fingerprint density at radius 2 is 0.818 bits per heavy atom. The molecule has 28 atom stereocenters. The summed E-state index contributed by atoms with van der Waals surface area (Å²) in [4.78, 5) is 0. The standard InChI is InChI=1S/C32H25N/c1-5-6-3-11-15-19-20-16-12-4-8-7-2-10-14-18-17-13-9(1)21(5)22(6,11)26(15)25(13,21)29(17)30(18)27(14)23(7,10)24(8,12)28(16,27)32(30,33-20)31(19,26)29/h5-20,33H,1-4H2. The Bertz CT molecular complexity index is 1740. The first-order chi connectivity index (χ1) is 16.4. The van der Waals surface area contributed by atoms with Crippen molar-refractivity contribution in [1.29, 1.82) is 0 Å². The van der Waals surface area contributed by atoms with Crippen LogP contribution in [0.2, 0.25) is 0 Å². The fourth-order valence-electron chi connectivity index (χ4n) is 31.1. The second kappa shape index (κ2) is 1.96. The van der Waals surface area contributed by atoms with Crippen molar-refractivity contribution in [2.24, 2.45) is 148 Å². The maximum Gasteiger partial charge on any atom is 0.0397 e. The lowest BCUT2D eigenvalue weighted by molar-refractivity contribution is -0.993. The Hall–Kier alpha value is -0.0400. The van der Waals surface area contributed by atoms with Crippen molar-refractivity contribution >= 4 is 0 Å². The number of nitrogens with one attached hydrogen (secondary N) is 1. The summed E-state index contributed by atoms with van der Waals surface area (Å²) in [6, 6.07) is 1.08. The molecule has 21 fully saturated rings. The van der Waals surface area contributed by atoms with Crippen LogP contribution in [0.4, 0.5) is 0 Å². The molecule has 2 saturated heterocycles. The molecule has 158 valence electrons. The van der Waals surface area contributed by atoms with Crippen LogP contribution in [0.25, 0.3) is 0 Å². The first-order valence-corrected chi connectivity index (χ1v) is 16.1. The lowest BCUT2D eigenvalue weighted by atomic mass is 8.57. The normalized spacial score (nSPS) is 126. The van der Waals surface area contributed by atoms with Gasteiger partial charge in [-0.25, -0.2) is 0 Å². The van der Waals surface area contributed by atoms with E-state index in [2.05, 4.69) is 0 Å². The van der Waals surface area contributed by atoms with Gasteiger partial charge in [-0.2, -0.15) is 0 Å². The molecule has 0 aromatic carbocycles. The van der Waals surface area contributed by atoms with Crippen LogP contribution in [0.3, 0.4) is 0 Å². The molecule has 2 bridgehead atoms. The van der Waals surface area contributed by atoms with Gasteiger partial charge < -0.3 is 5.32 Å². The van der Waals surface area contributed by atoms with E-state index in [4.69, 9.17) is 5.32 Å². The maximum absolute atomic E-state index is 4.96. The monoisotopic (exact) mass is 423 g/mol. The molecular weight excluding hydrogens is 398 g/mol. The van der Waals surface area contributed by atoms with Crippen LogP contribution in [0.5, 0.6) is 0 Å². The predicted octanol–water partition coefficient (Wildman–Crippen LogP) is 2.62. The van der Waals surface area contributed by atoms with Gasteiger partial charge in [0.05, 0.1) is 0 Å². The summed E-state index contributed by atoms with van der Waals surface area (Å²) in [5.74, 6) is 19.6. The molecule has 28 unspecified atom stereocenters. The molecule has 19 aliphatic carbocycles. The highest BCUT2D eigenvalue weighted by Crippen LogP contribution is 3.48. The van der Waals surface area contributed by atoms with Crippen molar-refractivity contribution in [2.75, 3.05) is 0 Å². The Morgan fingerprint density at radius 1 is 0.364 bits per heavy atom. The van der Waals surface area contributed by atoms with Gasteiger partial charge in [0, 0.05) is 27.8 Å². The molecule has 0 radical (unpaired) electrons. The molecule has 1 heteroatoms. The van der Waals surface area contributed by atoms with E-state index < -0.39 is 0 Å². The van der Waals surface area contributed by atoms with Gasteiger partial charge in [0.25, 0.3) is 0 Å². The van der Waals surface area contributed by atoms with Gasteiger partial charge in [0.2, 0.25) is 0 Å². The van der Waals surface area contributed by atoms with Crippen molar-refractivity contribution in [1.82, 2.24) is 5.32 Å². The Kier molecular flexibility index (Phi) is 0.714. The zero-order chi connectivity index (χ0) is 18.8. The van der Waals surface area contributed by atoms with Crippen LogP contribution in [0.15, 0.2) is 0 Å². The number of rotatable bonds is 0. The third kappa shape index (κ3) is 0.313. The van der Waals surface area contributed by atoms with E-state index in [9.17, 15) is 0 Å². The average molecular weight is 424 g/mol. The van der Waals surface area contributed by atoms with Crippen LogP contribution in [0.1, 0.15) is 25.7 Å². The minimum Gasteiger partial charge on any atom is -0.306 e. The fourth-order valence-corrected chi connectivity index (χ4v) is 31.1. The van der Waals surface area contributed by atoms with E-state index in [0.29, 0.717) is 0 Å². The van der Waals surface area contributed by atoms with Crippen molar-refractivity contribution in [3.63, 3.8) is 0 Å². The number of fused-ring (bicyclic) bond motifs is 13. The lowest BCUT2D eigenvalue weighted by Crippen LogP contribution is -3.46. The molecule has 0 aromatic heterocycles. The maximum atomic E-state index is 4.96. The van der Waals surface area contributed by atoms with Gasteiger partial charge in [-0.3, -0.25) is 0 Å². The summed E-state index contributed by atoms with van der Waals surface area (Å²) < 4.78 is 0. The van der Waals surface area contributed by atoms with Crippen molar-refractivity contribution < 1.29 is 0 Å². The Morgan fingerprint density at radius 3 is 1.48 bits per heavy atom. The van der Waals surface area contributed by atoms with Gasteiger partial charge in [-0.05, 0) is 158 Å². The quantitative estimate of drug-likeness (QED) is 0.632. The zero-order valence-corrected chi connectivity index (χ0v) is 18.6. The van der Waals surface area contributed by atoms with Gasteiger partial charge in [0.15, 0.2) is 0 Å². The van der Waals surface area contributed by atoms with E-state index in [0.717, 1.165) is 71.1 Å². The Labute approximate surface area is 190 Å². The van der Waals surface area contributed by atoms with E-state index in [1.807, 2.05) is 0 Å². The summed E-state index contributed by atoms with van der Waals surface area (Å²) in [7, 11) is 0. The summed E-state index contributed by atoms with van der Waals surface area (Å²) >= 11 is 0. The highest BCUT2D eigenvalue weighted by atomic mass is 15.6. The van der Waals surface area contributed by atoms with Crippen molar-refractivity contribution in [3.05, 3.63) is 0 Å². The number of hydrogen-bond acceptors (Lipinski definition) is 1. The minimum atomic E-state index is 0.824. The van der Waals surface area contributed by atoms with Crippen molar-refractivity contribution in [2.45, 2.75) is 37.3 Å². The lowest BCUT2D eigenvalue weighted by Gasteiger charge is -3.45. The summed E-state index contributed by atoms with van der Waals surface area (Å²) in [6.45, 7) is 0. The molecule has 1 N–H and O–H groups in total. The highest BCUT2D eigenvalue weighted by molar-refractivity contribution is 5.95. The molecule has 0 aromatic rings. The molecule has 1 nitrogen and oxygen atoms in total. The minimum absolute atomic E-state index is 0.824. The molecule has 21 aliphatic rings. The number of hydrogen-bond donors (Lipinski definition) is 1. The van der Waals surface area contributed by atoms with Crippen LogP contribution in [0, 0.1) is 148 Å². The molecule has 2 heterocycles. The molecular formula is C32H25N. The first-order valence-electron chi connectivity index (χ1n) is 16.1. The third-order valence-electron chi connectivity index (χ3n) is 25.7. The average Bonchev–Trinajstić information content (AvgIpc) is 3.11. The van der Waals surface area contributed by atoms with Gasteiger partial charge in [-0.15, -0.1) is 0 Å². The zero-order valence-electron chi connectivity index (χ0n) is 18.6. The van der Waals surface area contributed by atoms with Crippen LogP contribution >= 0.6 is 0 Å². The second-order valence-corrected chi connectivity index (χ2v) is 20.0. The van der Waals surface area contributed by atoms with Gasteiger partial charge >= 0.3 is 0 Å². The first kappa shape index (κ1) is 12.0. The van der Waals surface area contributed by atoms with Crippen molar-refractivity contribution in [3.8, 4) is 0 Å². The van der Waals surface area contributed by atoms with E-state index in [-0.39, 0.29) is 0 Å². The summed E-state index contributed by atoms with van der Waals surface area (Å²) in [6.07, 6.45) is 7.03. The molecule has 19 saturated carbocycles. The fraction of sp³-hybridized carbons (Fsp3) is 1.00. The van der Waals surface area contributed by atoms with Gasteiger partial charge in [-0.1, -0.05) is 0 Å². The molecule has 21 rings (SSSR count). The van der Waals surface area contributed by atoms with Crippen LogP contribution < -0.4 is 5.32 Å². The summed E-state index contributed by atoms with van der Waals surface area (Å²) in [5, 5.41) is 4.96. The smallest absolute Gasteiger partial charge is 0.0397 e. The van der Waals surface area contributed by atoms with Crippen LogP contribution in [-0.2, 0) is 0 Å². The van der Waals surface area contributed by atoms with Crippen LogP contribution in [-0.4, -0.2) is 11.6 Å².